The first-order chi connectivity index (χ1) is 9.52. The summed E-state index contributed by atoms with van der Waals surface area (Å²) < 4.78 is 0. The summed E-state index contributed by atoms with van der Waals surface area (Å²) in [5.74, 6) is 0.0472. The van der Waals surface area contributed by atoms with Crippen LogP contribution in [-0.2, 0) is 4.79 Å². The van der Waals surface area contributed by atoms with E-state index < -0.39 is 0 Å². The Kier molecular flexibility index (Phi) is 6.65. The van der Waals surface area contributed by atoms with Gasteiger partial charge in [-0.2, -0.15) is 0 Å². The topological polar surface area (TPSA) is 52.6 Å². The van der Waals surface area contributed by atoms with Gasteiger partial charge < -0.3 is 10.4 Å². The van der Waals surface area contributed by atoms with Crippen LogP contribution < -0.4 is 5.32 Å². The smallest absolute Gasteiger partial charge is 0.241 e. The zero-order valence-electron chi connectivity index (χ0n) is 13.0. The molecule has 1 aromatic carbocycles. The number of nitrogens with one attached hydrogen (secondary N) is 1. The molecule has 1 aliphatic rings. The fourth-order valence-corrected chi connectivity index (χ4v) is 3.10. The molecular weight excluding hydrogens is 288 g/mol. The van der Waals surface area contributed by atoms with Gasteiger partial charge in [0.1, 0.15) is 0 Å². The number of amides is 1. The molecule has 1 unspecified atom stereocenters. The van der Waals surface area contributed by atoms with Crippen LogP contribution in [-0.4, -0.2) is 41.7 Å². The molecule has 1 fully saturated rings. The average molecular weight is 313 g/mol. The summed E-state index contributed by atoms with van der Waals surface area (Å²) in [5.41, 5.74) is 4.34. The lowest BCUT2D eigenvalue weighted by Crippen LogP contribution is -2.41. The maximum atomic E-state index is 12.5. The van der Waals surface area contributed by atoms with E-state index in [0.29, 0.717) is 6.54 Å². The number of hydrogen-bond donors (Lipinski definition) is 2. The van der Waals surface area contributed by atoms with Gasteiger partial charge in [0.05, 0.1) is 12.6 Å². The number of anilines is 1. The van der Waals surface area contributed by atoms with E-state index in [-0.39, 0.29) is 31.0 Å². The number of aliphatic hydroxyl groups excluding tert-OH is 1. The van der Waals surface area contributed by atoms with Crippen LogP contribution in [0.3, 0.4) is 0 Å². The third-order valence-corrected chi connectivity index (χ3v) is 3.98. The summed E-state index contributed by atoms with van der Waals surface area (Å²) in [7, 11) is 0. The molecule has 2 N–H and O–H groups in total. The molecule has 1 heterocycles. The van der Waals surface area contributed by atoms with Crippen molar-refractivity contribution in [2.45, 2.75) is 39.7 Å². The Labute approximate surface area is 132 Å². The third kappa shape index (κ3) is 4.19. The molecule has 1 saturated heterocycles. The molecule has 0 spiro atoms. The zero-order chi connectivity index (χ0) is 14.7. The summed E-state index contributed by atoms with van der Waals surface area (Å²) >= 11 is 0. The zero-order valence-corrected chi connectivity index (χ0v) is 13.8. The van der Waals surface area contributed by atoms with Crippen LogP contribution in [0.2, 0.25) is 0 Å². The molecule has 1 aliphatic heterocycles. The molecule has 5 heteroatoms. The Bertz CT molecular complexity index is 482. The van der Waals surface area contributed by atoms with E-state index in [0.717, 1.165) is 36.2 Å². The SMILES string of the molecule is Cc1cc(C)c(NC(=O)C2CCCN2CCO)c(C)c1.Cl. The lowest BCUT2D eigenvalue weighted by Gasteiger charge is -2.23. The fraction of sp³-hybridized carbons (Fsp3) is 0.562. The van der Waals surface area contributed by atoms with E-state index in [1.54, 1.807) is 0 Å². The number of hydrogen-bond acceptors (Lipinski definition) is 3. The van der Waals surface area contributed by atoms with Gasteiger partial charge in [0.2, 0.25) is 5.91 Å². The molecule has 1 atom stereocenters. The first-order valence-electron chi connectivity index (χ1n) is 7.26. The summed E-state index contributed by atoms with van der Waals surface area (Å²) in [4.78, 5) is 14.5. The molecule has 1 aromatic rings. The van der Waals surface area contributed by atoms with Crippen molar-refractivity contribution in [3.63, 3.8) is 0 Å². The largest absolute Gasteiger partial charge is 0.395 e. The first kappa shape index (κ1) is 18.0. The van der Waals surface area contributed by atoms with Gasteiger partial charge in [-0.25, -0.2) is 0 Å². The molecule has 1 amide bonds. The Morgan fingerprint density at radius 2 is 1.95 bits per heavy atom. The van der Waals surface area contributed by atoms with Gasteiger partial charge in [-0.05, 0) is 51.3 Å². The van der Waals surface area contributed by atoms with Crippen LogP contribution in [0.4, 0.5) is 5.69 Å². The highest BCUT2D eigenvalue weighted by molar-refractivity contribution is 5.96. The van der Waals surface area contributed by atoms with Crippen molar-refractivity contribution in [1.82, 2.24) is 4.90 Å². The Morgan fingerprint density at radius 3 is 2.52 bits per heavy atom. The van der Waals surface area contributed by atoms with E-state index in [9.17, 15) is 4.79 Å². The highest BCUT2D eigenvalue weighted by atomic mass is 35.5. The number of nitrogens with zero attached hydrogens (tertiary/aromatic N) is 1. The van der Waals surface area contributed by atoms with Crippen LogP contribution in [0.15, 0.2) is 12.1 Å². The van der Waals surface area contributed by atoms with Crippen LogP contribution in [0.5, 0.6) is 0 Å². The minimum atomic E-state index is -0.109. The van der Waals surface area contributed by atoms with Crippen LogP contribution in [0.25, 0.3) is 0 Å². The highest BCUT2D eigenvalue weighted by Gasteiger charge is 2.30. The first-order valence-corrected chi connectivity index (χ1v) is 7.26. The molecule has 0 aliphatic carbocycles. The molecule has 4 nitrogen and oxygen atoms in total. The van der Waals surface area contributed by atoms with Gasteiger partial charge in [0, 0.05) is 12.2 Å². The van der Waals surface area contributed by atoms with Crippen molar-refractivity contribution < 1.29 is 9.90 Å². The quantitative estimate of drug-likeness (QED) is 0.898. The summed E-state index contributed by atoms with van der Waals surface area (Å²) in [6, 6.07) is 4.06. The second kappa shape index (κ2) is 7.78. The average Bonchev–Trinajstić information content (AvgIpc) is 2.82. The number of aliphatic hydroxyl groups is 1. The van der Waals surface area contributed by atoms with Gasteiger partial charge in [0.15, 0.2) is 0 Å². The number of benzene rings is 1. The van der Waals surface area contributed by atoms with Crippen molar-refractivity contribution >= 4 is 24.0 Å². The van der Waals surface area contributed by atoms with Crippen LogP contribution in [0, 0.1) is 20.8 Å². The number of carbonyl (C=O) groups excluding carboxylic acids is 1. The second-order valence-corrected chi connectivity index (χ2v) is 5.68. The third-order valence-electron chi connectivity index (χ3n) is 3.98. The number of likely N-dealkylation sites (tertiary alicyclic amines) is 1. The van der Waals surface area contributed by atoms with E-state index in [1.165, 1.54) is 5.56 Å². The van der Waals surface area contributed by atoms with Gasteiger partial charge in [-0.1, -0.05) is 17.7 Å². The lowest BCUT2D eigenvalue weighted by molar-refractivity contribution is -0.120. The number of halogens is 1. The Balaban J connectivity index is 0.00000220. The monoisotopic (exact) mass is 312 g/mol. The van der Waals surface area contributed by atoms with E-state index in [1.807, 2.05) is 13.8 Å². The fourth-order valence-electron chi connectivity index (χ4n) is 3.10. The molecule has 0 bridgehead atoms. The van der Waals surface area contributed by atoms with Crippen molar-refractivity contribution in [3.05, 3.63) is 28.8 Å². The molecule has 2 rings (SSSR count). The van der Waals surface area contributed by atoms with Gasteiger partial charge >= 0.3 is 0 Å². The number of aryl methyl sites for hydroxylation is 3. The van der Waals surface area contributed by atoms with Crippen LogP contribution >= 0.6 is 12.4 Å². The molecule has 118 valence electrons. The van der Waals surface area contributed by atoms with Gasteiger partial charge in [-0.15, -0.1) is 12.4 Å². The molecular formula is C16H25ClN2O2. The number of rotatable bonds is 4. The highest BCUT2D eigenvalue weighted by Crippen LogP contribution is 2.24. The maximum absolute atomic E-state index is 12.5. The maximum Gasteiger partial charge on any atom is 0.241 e. The second-order valence-electron chi connectivity index (χ2n) is 5.68. The summed E-state index contributed by atoms with van der Waals surface area (Å²) in [5, 5.41) is 12.1. The van der Waals surface area contributed by atoms with Crippen LogP contribution in [0.1, 0.15) is 29.5 Å². The molecule has 0 aromatic heterocycles. The number of β-amino-alcohol motifs (C(OH)–C–C–N with tert-alkyl or cyclic N) is 1. The van der Waals surface area contributed by atoms with Crippen molar-refractivity contribution in [1.29, 1.82) is 0 Å². The minimum absolute atomic E-state index is 0. The van der Waals surface area contributed by atoms with E-state index in [4.69, 9.17) is 5.11 Å². The minimum Gasteiger partial charge on any atom is -0.395 e. The summed E-state index contributed by atoms with van der Waals surface area (Å²) in [6.45, 7) is 7.68. The predicted octanol–water partition coefficient (Wildman–Crippen LogP) is 2.43. The molecule has 21 heavy (non-hydrogen) atoms. The van der Waals surface area contributed by atoms with Crippen molar-refractivity contribution in [3.8, 4) is 0 Å². The van der Waals surface area contributed by atoms with Crippen molar-refractivity contribution in [2.75, 3.05) is 25.0 Å². The summed E-state index contributed by atoms with van der Waals surface area (Å²) in [6.07, 6.45) is 1.89. The van der Waals surface area contributed by atoms with Gasteiger partial charge in [-0.3, -0.25) is 9.69 Å². The van der Waals surface area contributed by atoms with E-state index >= 15 is 0 Å². The molecule has 0 radical (unpaired) electrons. The van der Waals surface area contributed by atoms with Crippen molar-refractivity contribution in [2.24, 2.45) is 0 Å². The van der Waals surface area contributed by atoms with E-state index in [2.05, 4.69) is 29.3 Å². The number of carbonyl (C=O) groups is 1. The Hall–Kier alpha value is -1.10. The van der Waals surface area contributed by atoms with Gasteiger partial charge in [0.25, 0.3) is 0 Å². The predicted molar refractivity (Wildman–Crippen MR) is 88.2 cm³/mol. The molecule has 0 saturated carbocycles. The lowest BCUT2D eigenvalue weighted by atomic mass is 10.0. The Morgan fingerprint density at radius 1 is 1.33 bits per heavy atom. The standard InChI is InChI=1S/C16H24N2O2.ClH/c1-11-9-12(2)15(13(3)10-11)17-16(20)14-5-4-6-18(14)7-8-19;/h9-10,14,19H,4-8H2,1-3H3,(H,17,20);1H. The normalized spacial score (nSPS) is 18.4.